The third-order valence-corrected chi connectivity index (χ3v) is 4.05. The Bertz CT molecular complexity index is 1080. The highest BCUT2D eigenvalue weighted by molar-refractivity contribution is 5.70. The summed E-state index contributed by atoms with van der Waals surface area (Å²) in [6, 6.07) is 12.1. The van der Waals surface area contributed by atoms with Gasteiger partial charge in [-0.15, -0.1) is 5.10 Å². The van der Waals surface area contributed by atoms with E-state index in [1.807, 2.05) is 42.6 Å². The van der Waals surface area contributed by atoms with E-state index in [2.05, 4.69) is 54.7 Å². The van der Waals surface area contributed by atoms with Gasteiger partial charge in [0.05, 0.1) is 18.3 Å². The number of nitrogens with zero attached hydrogens (tertiary/aromatic N) is 7. The van der Waals surface area contributed by atoms with Crippen LogP contribution in [-0.4, -0.2) is 41.0 Å². The minimum absolute atomic E-state index is 0.246. The van der Waals surface area contributed by atoms with Gasteiger partial charge < -0.3 is 10.6 Å². The molecule has 0 amide bonds. The molecular weight excluding hydrogens is 366 g/mol. The van der Waals surface area contributed by atoms with E-state index < -0.39 is 0 Å². The minimum Gasteiger partial charge on any atom is -0.367 e. The Kier molecular flexibility index (Phi) is 5.37. The van der Waals surface area contributed by atoms with Crippen molar-refractivity contribution < 1.29 is 0 Å². The highest BCUT2D eigenvalue weighted by Crippen LogP contribution is 2.24. The van der Waals surface area contributed by atoms with Crippen molar-refractivity contribution >= 4 is 17.5 Å². The molecule has 4 rings (SSSR count). The van der Waals surface area contributed by atoms with Gasteiger partial charge in [0.2, 0.25) is 5.95 Å². The average Bonchev–Trinajstić information content (AvgIpc) is 3.21. The fourth-order valence-corrected chi connectivity index (χ4v) is 2.84. The van der Waals surface area contributed by atoms with E-state index in [1.165, 1.54) is 6.33 Å². The summed E-state index contributed by atoms with van der Waals surface area (Å²) in [6.07, 6.45) is 6.73. The van der Waals surface area contributed by atoms with E-state index in [-0.39, 0.29) is 6.04 Å². The van der Waals surface area contributed by atoms with Crippen molar-refractivity contribution in [3.8, 4) is 11.4 Å². The number of hydrogen-bond donors (Lipinski definition) is 2. The summed E-state index contributed by atoms with van der Waals surface area (Å²) in [7, 11) is 0. The molecule has 1 aromatic carbocycles. The molecule has 0 unspecified atom stereocenters. The number of nitrogens with one attached hydrogen (secondary N) is 2. The molecule has 2 N–H and O–H groups in total. The third-order valence-electron chi connectivity index (χ3n) is 4.05. The van der Waals surface area contributed by atoms with Gasteiger partial charge in [-0.3, -0.25) is 0 Å². The summed E-state index contributed by atoms with van der Waals surface area (Å²) in [5.74, 6) is 1.76. The number of pyridine rings is 1. The lowest BCUT2D eigenvalue weighted by molar-refractivity contribution is 0.650. The maximum Gasteiger partial charge on any atom is 0.230 e. The monoisotopic (exact) mass is 387 g/mol. The van der Waals surface area contributed by atoms with Crippen LogP contribution in [0.4, 0.5) is 17.5 Å². The number of benzene rings is 1. The maximum atomic E-state index is 4.57. The fourth-order valence-electron chi connectivity index (χ4n) is 2.84. The molecule has 0 aliphatic carbocycles. The number of aromatic nitrogens is 7. The van der Waals surface area contributed by atoms with E-state index in [0.717, 1.165) is 22.6 Å². The van der Waals surface area contributed by atoms with E-state index in [4.69, 9.17) is 0 Å². The Morgan fingerprint density at radius 2 is 1.97 bits per heavy atom. The molecule has 3 aromatic heterocycles. The topological polar surface area (TPSA) is 106 Å². The molecule has 9 nitrogen and oxygen atoms in total. The molecule has 0 radical (unpaired) electrons. The molecule has 0 atom stereocenters. The van der Waals surface area contributed by atoms with Gasteiger partial charge in [0.15, 0.2) is 5.82 Å². The Balaban J connectivity index is 1.56. The highest BCUT2D eigenvalue weighted by Gasteiger charge is 2.11. The quantitative estimate of drug-likeness (QED) is 0.498. The summed E-state index contributed by atoms with van der Waals surface area (Å²) in [6.45, 7) is 4.76. The molecule has 0 aliphatic heterocycles. The Hall–Kier alpha value is -3.88. The SMILES string of the molecule is CC(C)Nc1ncccc1-c1ncnc(Nc2cccc(Cn3ccnn3)c2)n1. The standard InChI is InChI=1S/C20H21N9/c1-14(2)25-18-17(7-4-8-21-18)19-22-13-23-20(27-19)26-16-6-3-5-15(11-16)12-29-10-9-24-28-29/h3-11,13-14H,12H2,1-2H3,(H,21,25)(H,22,23,26,27). The lowest BCUT2D eigenvalue weighted by Crippen LogP contribution is -2.12. The fraction of sp³-hybridized carbons (Fsp3) is 0.200. The van der Waals surface area contributed by atoms with Crippen molar-refractivity contribution in [2.75, 3.05) is 10.6 Å². The van der Waals surface area contributed by atoms with E-state index in [0.29, 0.717) is 18.3 Å². The first-order valence-corrected chi connectivity index (χ1v) is 9.28. The van der Waals surface area contributed by atoms with Gasteiger partial charge in [-0.25, -0.2) is 19.6 Å². The molecule has 0 saturated carbocycles. The predicted molar refractivity (Wildman–Crippen MR) is 111 cm³/mol. The van der Waals surface area contributed by atoms with E-state index in [1.54, 1.807) is 17.1 Å². The molecule has 0 aliphatic rings. The van der Waals surface area contributed by atoms with Crippen molar-refractivity contribution in [2.24, 2.45) is 0 Å². The summed E-state index contributed by atoms with van der Waals surface area (Å²) in [5.41, 5.74) is 2.79. The van der Waals surface area contributed by atoms with Gasteiger partial charge in [-0.05, 0) is 43.7 Å². The number of anilines is 3. The van der Waals surface area contributed by atoms with Crippen molar-refractivity contribution in [3.05, 3.63) is 66.9 Å². The van der Waals surface area contributed by atoms with Crippen LogP contribution in [-0.2, 0) is 6.54 Å². The molecular formula is C20H21N9. The largest absolute Gasteiger partial charge is 0.367 e. The van der Waals surface area contributed by atoms with Crippen LogP contribution in [0.5, 0.6) is 0 Å². The zero-order valence-electron chi connectivity index (χ0n) is 16.2. The summed E-state index contributed by atoms with van der Waals surface area (Å²) in [4.78, 5) is 17.6. The molecule has 4 aromatic rings. The van der Waals surface area contributed by atoms with Crippen molar-refractivity contribution in [1.29, 1.82) is 0 Å². The number of hydrogen-bond acceptors (Lipinski definition) is 8. The average molecular weight is 387 g/mol. The summed E-state index contributed by atoms with van der Waals surface area (Å²) < 4.78 is 1.77. The van der Waals surface area contributed by atoms with Gasteiger partial charge in [0.1, 0.15) is 12.1 Å². The molecule has 0 saturated heterocycles. The lowest BCUT2D eigenvalue weighted by atomic mass is 10.2. The normalized spacial score (nSPS) is 10.9. The Labute approximate surface area is 168 Å². The summed E-state index contributed by atoms with van der Waals surface area (Å²) in [5, 5.41) is 14.4. The van der Waals surface area contributed by atoms with Gasteiger partial charge in [-0.2, -0.15) is 4.98 Å². The van der Waals surface area contributed by atoms with Gasteiger partial charge in [0, 0.05) is 24.1 Å². The van der Waals surface area contributed by atoms with Crippen molar-refractivity contribution in [3.63, 3.8) is 0 Å². The van der Waals surface area contributed by atoms with Gasteiger partial charge in [-0.1, -0.05) is 17.3 Å². The molecule has 9 heteroatoms. The Morgan fingerprint density at radius 1 is 1.03 bits per heavy atom. The zero-order chi connectivity index (χ0) is 20.1. The van der Waals surface area contributed by atoms with Crippen molar-refractivity contribution in [1.82, 2.24) is 34.9 Å². The van der Waals surface area contributed by atoms with Crippen LogP contribution in [0.2, 0.25) is 0 Å². The first kappa shape index (κ1) is 18.5. The molecule has 0 fully saturated rings. The molecule has 3 heterocycles. The van der Waals surface area contributed by atoms with Crippen LogP contribution in [0, 0.1) is 0 Å². The Morgan fingerprint density at radius 3 is 2.79 bits per heavy atom. The van der Waals surface area contributed by atoms with E-state index >= 15 is 0 Å². The second kappa shape index (κ2) is 8.42. The maximum absolute atomic E-state index is 4.57. The second-order valence-electron chi connectivity index (χ2n) is 6.76. The highest BCUT2D eigenvalue weighted by atomic mass is 15.4. The minimum atomic E-state index is 0.246. The predicted octanol–water partition coefficient (Wildman–Crippen LogP) is 3.14. The molecule has 29 heavy (non-hydrogen) atoms. The van der Waals surface area contributed by atoms with Crippen LogP contribution in [0.25, 0.3) is 11.4 Å². The van der Waals surface area contributed by atoms with Crippen LogP contribution in [0.3, 0.4) is 0 Å². The van der Waals surface area contributed by atoms with Crippen LogP contribution in [0.1, 0.15) is 19.4 Å². The van der Waals surface area contributed by atoms with Crippen LogP contribution in [0.15, 0.2) is 61.3 Å². The van der Waals surface area contributed by atoms with Crippen LogP contribution >= 0.6 is 0 Å². The molecule has 146 valence electrons. The first-order chi connectivity index (χ1) is 14.2. The smallest absolute Gasteiger partial charge is 0.230 e. The van der Waals surface area contributed by atoms with Gasteiger partial charge >= 0.3 is 0 Å². The zero-order valence-corrected chi connectivity index (χ0v) is 16.2. The van der Waals surface area contributed by atoms with Crippen molar-refractivity contribution in [2.45, 2.75) is 26.4 Å². The van der Waals surface area contributed by atoms with Gasteiger partial charge in [0.25, 0.3) is 0 Å². The summed E-state index contributed by atoms with van der Waals surface area (Å²) >= 11 is 0. The van der Waals surface area contributed by atoms with E-state index in [9.17, 15) is 0 Å². The van der Waals surface area contributed by atoms with Crippen LogP contribution < -0.4 is 10.6 Å². The molecule has 0 spiro atoms. The third kappa shape index (κ3) is 4.70. The molecule has 0 bridgehead atoms. The lowest BCUT2D eigenvalue weighted by Gasteiger charge is -2.13. The second-order valence-corrected chi connectivity index (χ2v) is 6.76. The number of rotatable bonds is 7. The first-order valence-electron chi connectivity index (χ1n) is 9.28.